The van der Waals surface area contributed by atoms with E-state index in [2.05, 4.69) is 4.90 Å². The largest absolute Gasteiger partial charge is 0.394 e. The van der Waals surface area contributed by atoms with E-state index in [1.807, 2.05) is 18.2 Å². The second kappa shape index (κ2) is 5.15. The van der Waals surface area contributed by atoms with Crippen LogP contribution in [0.3, 0.4) is 0 Å². The molecule has 2 rings (SSSR count). The lowest BCUT2D eigenvalue weighted by atomic mass is 10.00. The Bertz CT molecular complexity index is 370. The lowest BCUT2D eigenvalue weighted by molar-refractivity contribution is 0.0551. The van der Waals surface area contributed by atoms with E-state index in [4.69, 9.17) is 16.7 Å². The van der Waals surface area contributed by atoms with Crippen LogP contribution in [0.5, 0.6) is 0 Å². The molecule has 1 aliphatic rings. The van der Waals surface area contributed by atoms with Gasteiger partial charge < -0.3 is 10.2 Å². The molecular formula is C12H16ClNO2. The molecule has 0 fully saturated rings. The summed E-state index contributed by atoms with van der Waals surface area (Å²) in [5.41, 5.74) is 2.56. The summed E-state index contributed by atoms with van der Waals surface area (Å²) in [4.78, 5) is 2.15. The Balaban J connectivity index is 2.03. The molecule has 16 heavy (non-hydrogen) atoms. The second-order valence-corrected chi connectivity index (χ2v) is 4.67. The number of hydrogen-bond acceptors (Lipinski definition) is 3. The van der Waals surface area contributed by atoms with E-state index in [-0.39, 0.29) is 6.61 Å². The van der Waals surface area contributed by atoms with Crippen LogP contribution in [0.15, 0.2) is 18.2 Å². The van der Waals surface area contributed by atoms with Crippen LogP contribution < -0.4 is 0 Å². The highest BCUT2D eigenvalue weighted by Crippen LogP contribution is 2.22. The van der Waals surface area contributed by atoms with Gasteiger partial charge in [-0.15, -0.1) is 0 Å². The van der Waals surface area contributed by atoms with Gasteiger partial charge in [0.2, 0.25) is 0 Å². The highest BCUT2D eigenvalue weighted by Gasteiger charge is 2.18. The van der Waals surface area contributed by atoms with E-state index < -0.39 is 6.10 Å². The molecule has 0 aromatic heterocycles. The maximum atomic E-state index is 9.39. The quantitative estimate of drug-likeness (QED) is 0.832. The van der Waals surface area contributed by atoms with Gasteiger partial charge in [-0.25, -0.2) is 0 Å². The standard InChI is InChI=1S/C12H16ClNO2/c13-11-2-1-10-6-14(7-12(16)8-15)4-3-9(10)5-11/h1-2,5,12,15-16H,3-4,6-8H2. The van der Waals surface area contributed by atoms with Crippen molar-refractivity contribution < 1.29 is 10.2 Å². The summed E-state index contributed by atoms with van der Waals surface area (Å²) in [7, 11) is 0. The van der Waals surface area contributed by atoms with Gasteiger partial charge in [0.25, 0.3) is 0 Å². The minimum absolute atomic E-state index is 0.177. The van der Waals surface area contributed by atoms with Gasteiger partial charge in [0, 0.05) is 24.7 Å². The molecule has 1 aliphatic heterocycles. The van der Waals surface area contributed by atoms with Crippen molar-refractivity contribution in [3.63, 3.8) is 0 Å². The predicted octanol–water partition coefficient (Wildman–Crippen LogP) is 1.05. The minimum Gasteiger partial charge on any atom is -0.394 e. The normalized spacial score (nSPS) is 18.2. The Hall–Kier alpha value is -0.610. The summed E-state index contributed by atoms with van der Waals surface area (Å²) in [5.74, 6) is 0. The van der Waals surface area contributed by atoms with Crippen molar-refractivity contribution in [3.05, 3.63) is 34.3 Å². The molecule has 1 unspecified atom stereocenters. The van der Waals surface area contributed by atoms with Crippen LogP contribution in [-0.4, -0.2) is 40.9 Å². The molecule has 1 heterocycles. The van der Waals surface area contributed by atoms with Gasteiger partial charge in [0.05, 0.1) is 12.7 Å². The summed E-state index contributed by atoms with van der Waals surface area (Å²) < 4.78 is 0. The van der Waals surface area contributed by atoms with Crippen LogP contribution in [0.4, 0.5) is 0 Å². The zero-order chi connectivity index (χ0) is 11.5. The van der Waals surface area contributed by atoms with E-state index in [1.165, 1.54) is 11.1 Å². The van der Waals surface area contributed by atoms with E-state index in [9.17, 15) is 5.11 Å². The first-order chi connectivity index (χ1) is 7.69. The van der Waals surface area contributed by atoms with Crippen LogP contribution in [0.2, 0.25) is 5.02 Å². The maximum absolute atomic E-state index is 9.39. The first kappa shape index (κ1) is 11.9. The summed E-state index contributed by atoms with van der Waals surface area (Å²) in [6.07, 6.45) is 0.308. The SMILES string of the molecule is OCC(O)CN1CCc2cc(Cl)ccc2C1. The van der Waals surface area contributed by atoms with E-state index >= 15 is 0 Å². The third-order valence-electron chi connectivity index (χ3n) is 2.94. The molecule has 2 N–H and O–H groups in total. The topological polar surface area (TPSA) is 43.7 Å². The van der Waals surface area contributed by atoms with Crippen molar-refractivity contribution in [2.75, 3.05) is 19.7 Å². The molecule has 0 bridgehead atoms. The third-order valence-corrected chi connectivity index (χ3v) is 3.17. The van der Waals surface area contributed by atoms with Gasteiger partial charge in [-0.2, -0.15) is 0 Å². The number of nitrogens with zero attached hydrogens (tertiary/aromatic N) is 1. The first-order valence-electron chi connectivity index (χ1n) is 5.47. The molecule has 0 radical (unpaired) electrons. The van der Waals surface area contributed by atoms with E-state index in [1.54, 1.807) is 0 Å². The number of aliphatic hydroxyl groups is 2. The van der Waals surface area contributed by atoms with Gasteiger partial charge in [-0.3, -0.25) is 4.90 Å². The molecule has 3 nitrogen and oxygen atoms in total. The number of β-amino-alcohol motifs (C(OH)–C–C–N with tert-alkyl or cyclic N) is 1. The predicted molar refractivity (Wildman–Crippen MR) is 63.5 cm³/mol. The fourth-order valence-corrected chi connectivity index (χ4v) is 2.29. The summed E-state index contributed by atoms with van der Waals surface area (Å²) in [6, 6.07) is 5.94. The molecule has 0 saturated heterocycles. The van der Waals surface area contributed by atoms with Gasteiger partial charge in [0.15, 0.2) is 0 Å². The Kier molecular flexibility index (Phi) is 3.82. The molecule has 0 amide bonds. The average Bonchev–Trinajstić information content (AvgIpc) is 2.29. The maximum Gasteiger partial charge on any atom is 0.0897 e. The summed E-state index contributed by atoms with van der Waals surface area (Å²) in [6.45, 7) is 2.08. The molecular weight excluding hydrogens is 226 g/mol. The lowest BCUT2D eigenvalue weighted by Crippen LogP contribution is -2.37. The van der Waals surface area contributed by atoms with Crippen molar-refractivity contribution >= 4 is 11.6 Å². The van der Waals surface area contributed by atoms with Gasteiger partial charge in [0.1, 0.15) is 0 Å². The monoisotopic (exact) mass is 241 g/mol. The fraction of sp³-hybridized carbons (Fsp3) is 0.500. The molecule has 1 aromatic rings. The molecule has 0 aliphatic carbocycles. The Morgan fingerprint density at radius 2 is 2.19 bits per heavy atom. The van der Waals surface area contributed by atoms with Crippen LogP contribution in [0.25, 0.3) is 0 Å². The number of aliphatic hydroxyl groups excluding tert-OH is 2. The van der Waals surface area contributed by atoms with Crippen molar-refractivity contribution in [1.82, 2.24) is 4.90 Å². The number of fused-ring (bicyclic) bond motifs is 1. The van der Waals surface area contributed by atoms with Crippen molar-refractivity contribution in [2.24, 2.45) is 0 Å². The molecule has 0 spiro atoms. The third kappa shape index (κ3) is 2.74. The summed E-state index contributed by atoms with van der Waals surface area (Å²) >= 11 is 5.93. The summed E-state index contributed by atoms with van der Waals surface area (Å²) in [5, 5.41) is 19.0. The average molecular weight is 242 g/mol. The molecule has 4 heteroatoms. The Morgan fingerprint density at radius 3 is 2.94 bits per heavy atom. The number of halogens is 1. The van der Waals surface area contributed by atoms with Gasteiger partial charge in [-0.05, 0) is 29.7 Å². The zero-order valence-corrected chi connectivity index (χ0v) is 9.82. The van der Waals surface area contributed by atoms with Crippen molar-refractivity contribution in [3.8, 4) is 0 Å². The van der Waals surface area contributed by atoms with Crippen molar-refractivity contribution in [1.29, 1.82) is 0 Å². The highest BCUT2D eigenvalue weighted by atomic mass is 35.5. The van der Waals surface area contributed by atoms with Gasteiger partial charge in [-0.1, -0.05) is 17.7 Å². The molecule has 0 saturated carbocycles. The zero-order valence-electron chi connectivity index (χ0n) is 9.06. The second-order valence-electron chi connectivity index (χ2n) is 4.23. The Labute approximate surface area is 100 Å². The fourth-order valence-electron chi connectivity index (χ4n) is 2.09. The van der Waals surface area contributed by atoms with E-state index in [0.717, 1.165) is 24.5 Å². The van der Waals surface area contributed by atoms with E-state index in [0.29, 0.717) is 6.54 Å². The first-order valence-corrected chi connectivity index (χ1v) is 5.85. The number of benzene rings is 1. The number of rotatable bonds is 3. The lowest BCUT2D eigenvalue weighted by Gasteiger charge is -2.30. The minimum atomic E-state index is -0.645. The smallest absolute Gasteiger partial charge is 0.0897 e. The van der Waals surface area contributed by atoms with Crippen LogP contribution in [-0.2, 0) is 13.0 Å². The molecule has 88 valence electrons. The van der Waals surface area contributed by atoms with Crippen LogP contribution >= 0.6 is 11.6 Å². The number of hydrogen-bond donors (Lipinski definition) is 2. The van der Waals surface area contributed by atoms with Crippen molar-refractivity contribution in [2.45, 2.75) is 19.1 Å². The molecule has 1 atom stereocenters. The Morgan fingerprint density at radius 1 is 1.38 bits per heavy atom. The highest BCUT2D eigenvalue weighted by molar-refractivity contribution is 6.30. The van der Waals surface area contributed by atoms with Gasteiger partial charge >= 0.3 is 0 Å². The molecule has 1 aromatic carbocycles. The van der Waals surface area contributed by atoms with Crippen LogP contribution in [0.1, 0.15) is 11.1 Å². The van der Waals surface area contributed by atoms with Crippen LogP contribution in [0, 0.1) is 0 Å².